The van der Waals surface area contributed by atoms with Crippen LogP contribution in [0, 0.1) is 5.82 Å². The number of aromatic amines is 1. The Morgan fingerprint density at radius 3 is 2.75 bits per heavy atom. The van der Waals surface area contributed by atoms with Gasteiger partial charge in [0.15, 0.2) is 5.69 Å². The minimum absolute atomic E-state index is 0.254. The zero-order valence-corrected chi connectivity index (χ0v) is 11.5. The number of methoxy groups -OCH3 is 1. The van der Waals surface area contributed by atoms with Crippen LogP contribution in [0.15, 0.2) is 24.3 Å². The average molecular weight is 277 g/mol. The maximum atomic E-state index is 13.1. The first-order valence-corrected chi connectivity index (χ1v) is 6.21. The van der Waals surface area contributed by atoms with E-state index in [1.54, 1.807) is 6.07 Å². The molecule has 2 rings (SSSR count). The summed E-state index contributed by atoms with van der Waals surface area (Å²) in [5.41, 5.74) is 1.55. The summed E-state index contributed by atoms with van der Waals surface area (Å²) < 4.78 is 18.1. The number of benzene rings is 1. The number of halogens is 1. The van der Waals surface area contributed by atoms with Crippen LogP contribution in [0.4, 0.5) is 10.1 Å². The van der Waals surface area contributed by atoms with Crippen molar-refractivity contribution in [3.63, 3.8) is 0 Å². The zero-order chi connectivity index (χ0) is 14.7. The van der Waals surface area contributed by atoms with Crippen LogP contribution >= 0.6 is 0 Å². The first-order valence-electron chi connectivity index (χ1n) is 6.21. The van der Waals surface area contributed by atoms with Crippen molar-refractivity contribution in [2.24, 2.45) is 0 Å². The second-order valence-electron chi connectivity index (χ2n) is 4.66. The largest absolute Gasteiger partial charge is 0.494 e. The van der Waals surface area contributed by atoms with Gasteiger partial charge in [-0.2, -0.15) is 5.10 Å². The molecule has 0 bridgehead atoms. The van der Waals surface area contributed by atoms with Crippen LogP contribution in [0.25, 0.3) is 0 Å². The van der Waals surface area contributed by atoms with E-state index in [2.05, 4.69) is 15.5 Å². The summed E-state index contributed by atoms with van der Waals surface area (Å²) in [6.45, 7) is 4.00. The van der Waals surface area contributed by atoms with E-state index in [9.17, 15) is 9.18 Å². The number of anilines is 1. The summed E-state index contributed by atoms with van der Waals surface area (Å²) in [6, 6.07) is 5.60. The summed E-state index contributed by atoms with van der Waals surface area (Å²) in [7, 11) is 1.41. The Labute approximate surface area is 116 Å². The molecule has 20 heavy (non-hydrogen) atoms. The summed E-state index contributed by atoms with van der Waals surface area (Å²) >= 11 is 0. The van der Waals surface area contributed by atoms with Gasteiger partial charge in [-0.05, 0) is 24.1 Å². The normalized spacial score (nSPS) is 10.7. The number of ether oxygens (including phenoxy) is 1. The number of hydrogen-bond acceptors (Lipinski definition) is 3. The molecule has 0 atom stereocenters. The highest BCUT2D eigenvalue weighted by atomic mass is 19.1. The molecule has 0 radical (unpaired) electrons. The number of H-pyrrole nitrogens is 1. The van der Waals surface area contributed by atoms with Crippen LogP contribution in [0.5, 0.6) is 5.75 Å². The fraction of sp³-hybridized carbons (Fsp3) is 0.286. The van der Waals surface area contributed by atoms with Gasteiger partial charge in [0, 0.05) is 11.8 Å². The lowest BCUT2D eigenvalue weighted by atomic mass is 10.1. The van der Waals surface area contributed by atoms with E-state index in [1.165, 1.54) is 25.3 Å². The molecule has 0 aliphatic carbocycles. The topological polar surface area (TPSA) is 67.0 Å². The third-order valence-electron chi connectivity index (χ3n) is 2.86. The minimum atomic E-state index is -0.429. The number of nitrogens with zero attached hydrogens (tertiary/aromatic N) is 1. The Bertz CT molecular complexity index is 623. The second-order valence-corrected chi connectivity index (χ2v) is 4.66. The fourth-order valence-corrected chi connectivity index (χ4v) is 1.70. The van der Waals surface area contributed by atoms with Gasteiger partial charge < -0.3 is 10.1 Å². The average Bonchev–Trinajstić information content (AvgIpc) is 2.90. The highest BCUT2D eigenvalue weighted by Crippen LogP contribution is 2.25. The van der Waals surface area contributed by atoms with Gasteiger partial charge in [0.25, 0.3) is 5.91 Å². The molecule has 5 nitrogen and oxygen atoms in total. The number of nitrogens with one attached hydrogen (secondary N) is 2. The van der Waals surface area contributed by atoms with E-state index in [1.807, 2.05) is 13.8 Å². The monoisotopic (exact) mass is 277 g/mol. The maximum Gasteiger partial charge on any atom is 0.276 e. The predicted octanol–water partition coefficient (Wildman–Crippen LogP) is 2.93. The Kier molecular flexibility index (Phi) is 4.02. The van der Waals surface area contributed by atoms with Gasteiger partial charge in [-0.15, -0.1) is 0 Å². The van der Waals surface area contributed by atoms with Crippen molar-refractivity contribution in [3.8, 4) is 5.75 Å². The van der Waals surface area contributed by atoms with Crippen LogP contribution in [-0.4, -0.2) is 23.2 Å². The molecule has 106 valence electrons. The molecule has 0 aliphatic heterocycles. The third-order valence-corrected chi connectivity index (χ3v) is 2.86. The van der Waals surface area contributed by atoms with Gasteiger partial charge in [-0.1, -0.05) is 13.8 Å². The van der Waals surface area contributed by atoms with Crippen molar-refractivity contribution in [2.75, 3.05) is 12.4 Å². The summed E-state index contributed by atoms with van der Waals surface area (Å²) in [5.74, 6) is -0.290. The number of rotatable bonds is 4. The predicted molar refractivity (Wildman–Crippen MR) is 73.6 cm³/mol. The van der Waals surface area contributed by atoms with Crippen molar-refractivity contribution < 1.29 is 13.9 Å². The van der Waals surface area contributed by atoms with Gasteiger partial charge in [-0.25, -0.2) is 4.39 Å². The number of carbonyl (C=O) groups is 1. The Morgan fingerprint density at radius 1 is 1.40 bits per heavy atom. The molecule has 0 aliphatic rings. The fourth-order valence-electron chi connectivity index (χ4n) is 1.70. The number of aromatic nitrogens is 2. The standard InChI is InChI=1S/C14H16FN3O2/c1-8(2)11-7-12(18-17-11)14(19)16-10-5-4-9(15)6-13(10)20-3/h4-8H,1-3H3,(H,16,19)(H,17,18). The van der Waals surface area contributed by atoms with Crippen LogP contribution in [0.3, 0.4) is 0 Å². The molecule has 1 aromatic carbocycles. The number of amides is 1. The van der Waals surface area contributed by atoms with E-state index in [0.717, 1.165) is 5.69 Å². The van der Waals surface area contributed by atoms with Crippen molar-refractivity contribution >= 4 is 11.6 Å². The number of carbonyl (C=O) groups excluding carboxylic acids is 1. The van der Waals surface area contributed by atoms with Crippen LogP contribution in [0.1, 0.15) is 35.9 Å². The lowest BCUT2D eigenvalue weighted by Gasteiger charge is -2.08. The first kappa shape index (κ1) is 14.0. The third kappa shape index (κ3) is 2.96. The Balaban J connectivity index is 2.18. The van der Waals surface area contributed by atoms with E-state index in [0.29, 0.717) is 5.69 Å². The number of hydrogen-bond donors (Lipinski definition) is 2. The second kappa shape index (κ2) is 5.73. The summed E-state index contributed by atoms with van der Waals surface area (Å²) in [4.78, 5) is 12.1. The van der Waals surface area contributed by atoms with E-state index < -0.39 is 5.82 Å². The van der Waals surface area contributed by atoms with E-state index in [4.69, 9.17) is 4.74 Å². The first-order chi connectivity index (χ1) is 9.51. The molecule has 6 heteroatoms. The summed E-state index contributed by atoms with van der Waals surface area (Å²) in [5, 5.41) is 9.41. The minimum Gasteiger partial charge on any atom is -0.494 e. The van der Waals surface area contributed by atoms with Crippen LogP contribution < -0.4 is 10.1 Å². The molecule has 1 amide bonds. The highest BCUT2D eigenvalue weighted by molar-refractivity contribution is 6.03. The molecule has 0 unspecified atom stereocenters. The lowest BCUT2D eigenvalue weighted by Crippen LogP contribution is -2.13. The molecule has 0 saturated carbocycles. The van der Waals surface area contributed by atoms with Crippen molar-refractivity contribution in [2.45, 2.75) is 19.8 Å². The highest BCUT2D eigenvalue weighted by Gasteiger charge is 2.14. The van der Waals surface area contributed by atoms with Gasteiger partial charge in [0.1, 0.15) is 11.6 Å². The van der Waals surface area contributed by atoms with Gasteiger partial charge in [-0.3, -0.25) is 9.89 Å². The van der Waals surface area contributed by atoms with Crippen LogP contribution in [0.2, 0.25) is 0 Å². The summed E-state index contributed by atoms with van der Waals surface area (Å²) in [6.07, 6.45) is 0. The Hall–Kier alpha value is -2.37. The lowest BCUT2D eigenvalue weighted by molar-refractivity contribution is 0.102. The van der Waals surface area contributed by atoms with Gasteiger partial charge in [0.05, 0.1) is 12.8 Å². The van der Waals surface area contributed by atoms with Gasteiger partial charge in [0.2, 0.25) is 0 Å². The quantitative estimate of drug-likeness (QED) is 0.903. The SMILES string of the molecule is COc1cc(F)ccc1NC(=O)c1cc(C(C)C)[nH]n1. The maximum absolute atomic E-state index is 13.1. The molecule has 2 aromatic rings. The molecule has 1 heterocycles. The molecule has 1 aromatic heterocycles. The molecule has 2 N–H and O–H groups in total. The molecular formula is C14H16FN3O2. The van der Waals surface area contributed by atoms with Gasteiger partial charge >= 0.3 is 0 Å². The van der Waals surface area contributed by atoms with Crippen molar-refractivity contribution in [1.29, 1.82) is 0 Å². The van der Waals surface area contributed by atoms with Crippen molar-refractivity contribution in [3.05, 3.63) is 41.5 Å². The molecule has 0 fully saturated rings. The zero-order valence-electron chi connectivity index (χ0n) is 11.5. The molecular weight excluding hydrogens is 261 g/mol. The van der Waals surface area contributed by atoms with Crippen LogP contribution in [-0.2, 0) is 0 Å². The van der Waals surface area contributed by atoms with E-state index in [-0.39, 0.29) is 23.3 Å². The smallest absolute Gasteiger partial charge is 0.276 e. The molecule has 0 saturated heterocycles. The Morgan fingerprint density at radius 2 is 2.15 bits per heavy atom. The molecule has 0 spiro atoms. The van der Waals surface area contributed by atoms with E-state index >= 15 is 0 Å². The van der Waals surface area contributed by atoms with Crippen molar-refractivity contribution in [1.82, 2.24) is 10.2 Å².